The topological polar surface area (TPSA) is 63.4 Å². The molecule has 34 heavy (non-hydrogen) atoms. The molecule has 0 saturated carbocycles. The molecule has 1 aliphatic heterocycles. The standard InChI is InChI=1S/C26H21Cl3N2O3/c27-16-6-8-23-19(10-16)20(13-30-23)18(15-5-7-21(28)22(29)9-15)11-26(32)31-12-17-14-33-24-3-1-2-4-25(24)34-17/h1-10,13,17-18,30H,11-12,14H2,(H,31,32)/t17-,18-/m1/s1. The van der Waals surface area contributed by atoms with E-state index >= 15 is 0 Å². The normalized spacial score (nSPS) is 15.8. The summed E-state index contributed by atoms with van der Waals surface area (Å²) in [5.41, 5.74) is 2.78. The minimum atomic E-state index is -0.269. The summed E-state index contributed by atoms with van der Waals surface area (Å²) in [6.45, 7) is 0.704. The highest BCUT2D eigenvalue weighted by molar-refractivity contribution is 6.42. The average Bonchev–Trinajstić information content (AvgIpc) is 3.25. The van der Waals surface area contributed by atoms with Gasteiger partial charge in [-0.3, -0.25) is 4.79 Å². The molecule has 0 bridgehead atoms. The van der Waals surface area contributed by atoms with Crippen LogP contribution in [0.4, 0.5) is 0 Å². The van der Waals surface area contributed by atoms with Gasteiger partial charge in [-0.25, -0.2) is 0 Å². The van der Waals surface area contributed by atoms with Crippen molar-refractivity contribution in [1.82, 2.24) is 10.3 Å². The maximum Gasteiger partial charge on any atom is 0.221 e. The van der Waals surface area contributed by atoms with Crippen LogP contribution in [0.3, 0.4) is 0 Å². The number of ether oxygens (including phenoxy) is 2. The van der Waals surface area contributed by atoms with Crippen molar-refractivity contribution in [2.24, 2.45) is 0 Å². The van der Waals surface area contributed by atoms with E-state index in [0.29, 0.717) is 39.7 Å². The lowest BCUT2D eigenvalue weighted by atomic mass is 9.88. The van der Waals surface area contributed by atoms with Gasteiger partial charge in [0, 0.05) is 34.5 Å². The van der Waals surface area contributed by atoms with Crippen molar-refractivity contribution in [2.45, 2.75) is 18.4 Å². The largest absolute Gasteiger partial charge is 0.486 e. The Morgan fingerprint density at radius 1 is 1.03 bits per heavy atom. The van der Waals surface area contributed by atoms with Crippen LogP contribution in [0.15, 0.2) is 66.9 Å². The van der Waals surface area contributed by atoms with E-state index in [4.69, 9.17) is 44.3 Å². The van der Waals surface area contributed by atoms with E-state index in [9.17, 15) is 4.79 Å². The fourth-order valence-electron chi connectivity index (χ4n) is 4.19. The van der Waals surface area contributed by atoms with Crippen LogP contribution in [-0.4, -0.2) is 30.1 Å². The summed E-state index contributed by atoms with van der Waals surface area (Å²) in [4.78, 5) is 16.3. The zero-order valence-corrected chi connectivity index (χ0v) is 20.3. The molecule has 5 nitrogen and oxygen atoms in total. The lowest BCUT2D eigenvalue weighted by Crippen LogP contribution is -2.41. The summed E-state index contributed by atoms with van der Waals surface area (Å²) in [5.74, 6) is 1.02. The predicted octanol–water partition coefficient (Wildman–Crippen LogP) is 6.61. The number of benzene rings is 3. The summed E-state index contributed by atoms with van der Waals surface area (Å²) < 4.78 is 11.7. The summed E-state index contributed by atoms with van der Waals surface area (Å²) >= 11 is 18.7. The van der Waals surface area contributed by atoms with Gasteiger partial charge in [0.1, 0.15) is 12.7 Å². The van der Waals surface area contributed by atoms with Crippen LogP contribution in [0, 0.1) is 0 Å². The van der Waals surface area contributed by atoms with Crippen LogP contribution in [0.2, 0.25) is 15.1 Å². The van der Waals surface area contributed by atoms with Gasteiger partial charge in [0.05, 0.1) is 16.6 Å². The van der Waals surface area contributed by atoms with Crippen LogP contribution in [0.5, 0.6) is 11.5 Å². The van der Waals surface area contributed by atoms with Gasteiger partial charge < -0.3 is 19.8 Å². The number of hydrogen-bond donors (Lipinski definition) is 2. The van der Waals surface area contributed by atoms with Crippen molar-refractivity contribution in [3.63, 3.8) is 0 Å². The molecule has 0 unspecified atom stereocenters. The molecule has 8 heteroatoms. The van der Waals surface area contributed by atoms with E-state index < -0.39 is 0 Å². The van der Waals surface area contributed by atoms with Gasteiger partial charge in [-0.2, -0.15) is 0 Å². The number of aromatic amines is 1. The molecule has 2 heterocycles. The fourth-order valence-corrected chi connectivity index (χ4v) is 4.67. The third kappa shape index (κ3) is 4.83. The molecule has 0 saturated heterocycles. The number of carbonyl (C=O) groups is 1. The van der Waals surface area contributed by atoms with E-state index in [1.54, 1.807) is 12.1 Å². The second-order valence-corrected chi connectivity index (χ2v) is 9.42. The van der Waals surface area contributed by atoms with E-state index in [-0.39, 0.29) is 24.3 Å². The lowest BCUT2D eigenvalue weighted by molar-refractivity contribution is -0.121. The molecule has 0 aliphatic carbocycles. The predicted molar refractivity (Wildman–Crippen MR) is 136 cm³/mol. The van der Waals surface area contributed by atoms with Crippen molar-refractivity contribution >= 4 is 51.6 Å². The Bertz CT molecular complexity index is 1350. The molecule has 5 rings (SSSR count). The van der Waals surface area contributed by atoms with Crippen LogP contribution in [0.1, 0.15) is 23.5 Å². The Labute approximate surface area is 211 Å². The second kappa shape index (κ2) is 9.79. The molecule has 1 aromatic heterocycles. The first-order valence-corrected chi connectivity index (χ1v) is 12.0. The van der Waals surface area contributed by atoms with Crippen molar-refractivity contribution in [1.29, 1.82) is 0 Å². The van der Waals surface area contributed by atoms with E-state index in [0.717, 1.165) is 22.0 Å². The zero-order chi connectivity index (χ0) is 23.7. The molecule has 0 spiro atoms. The third-order valence-electron chi connectivity index (χ3n) is 5.88. The molecule has 4 aromatic rings. The summed E-state index contributed by atoms with van der Waals surface area (Å²) in [6, 6.07) is 18.6. The number of carbonyl (C=O) groups excluding carboxylic acids is 1. The van der Waals surface area contributed by atoms with E-state index in [1.165, 1.54) is 0 Å². The minimum Gasteiger partial charge on any atom is -0.486 e. The molecular weight excluding hydrogens is 495 g/mol. The van der Waals surface area contributed by atoms with Gasteiger partial charge in [0.25, 0.3) is 0 Å². The first-order valence-electron chi connectivity index (χ1n) is 10.8. The van der Waals surface area contributed by atoms with Gasteiger partial charge in [-0.15, -0.1) is 0 Å². The Balaban J connectivity index is 1.36. The van der Waals surface area contributed by atoms with Crippen LogP contribution in [-0.2, 0) is 4.79 Å². The monoisotopic (exact) mass is 514 g/mol. The van der Waals surface area contributed by atoms with Gasteiger partial charge in [-0.1, -0.05) is 53.0 Å². The number of amides is 1. The molecular formula is C26H21Cl3N2O3. The molecule has 0 radical (unpaired) electrons. The molecule has 1 aliphatic rings. The Kier molecular flexibility index (Phi) is 6.59. The number of fused-ring (bicyclic) bond motifs is 2. The lowest BCUT2D eigenvalue weighted by Gasteiger charge is -2.26. The quantitative estimate of drug-likeness (QED) is 0.304. The first kappa shape index (κ1) is 22.9. The molecule has 1 amide bonds. The minimum absolute atomic E-state index is 0.116. The molecule has 3 aromatic carbocycles. The molecule has 2 N–H and O–H groups in total. The zero-order valence-electron chi connectivity index (χ0n) is 18.0. The van der Waals surface area contributed by atoms with Gasteiger partial charge in [0.2, 0.25) is 5.91 Å². The third-order valence-corrected chi connectivity index (χ3v) is 6.86. The van der Waals surface area contributed by atoms with E-state index in [1.807, 2.05) is 54.7 Å². The number of nitrogens with one attached hydrogen (secondary N) is 2. The number of H-pyrrole nitrogens is 1. The Hall–Kier alpha value is -2.86. The highest BCUT2D eigenvalue weighted by Crippen LogP contribution is 2.37. The van der Waals surface area contributed by atoms with Crippen molar-refractivity contribution < 1.29 is 14.3 Å². The fraction of sp³-hybridized carbons (Fsp3) is 0.192. The van der Waals surface area contributed by atoms with Crippen LogP contribution in [0.25, 0.3) is 10.9 Å². The Morgan fingerprint density at radius 3 is 2.68 bits per heavy atom. The van der Waals surface area contributed by atoms with Crippen molar-refractivity contribution in [3.05, 3.63) is 93.1 Å². The smallest absolute Gasteiger partial charge is 0.221 e. The summed E-state index contributed by atoms with van der Waals surface area (Å²) in [6.07, 6.45) is 1.85. The number of para-hydroxylation sites is 2. The van der Waals surface area contributed by atoms with Gasteiger partial charge in [0.15, 0.2) is 11.5 Å². The van der Waals surface area contributed by atoms with Gasteiger partial charge >= 0.3 is 0 Å². The number of halogens is 3. The van der Waals surface area contributed by atoms with Crippen LogP contribution < -0.4 is 14.8 Å². The maximum absolute atomic E-state index is 13.1. The van der Waals surface area contributed by atoms with Crippen LogP contribution >= 0.6 is 34.8 Å². The summed E-state index contributed by atoms with van der Waals surface area (Å²) in [5, 5.41) is 5.47. The van der Waals surface area contributed by atoms with Crippen molar-refractivity contribution in [3.8, 4) is 11.5 Å². The number of rotatable bonds is 6. The highest BCUT2D eigenvalue weighted by atomic mass is 35.5. The molecule has 174 valence electrons. The SMILES string of the molecule is O=C(C[C@H](c1ccc(Cl)c(Cl)c1)c1c[nH]c2ccc(Cl)cc12)NC[C@@H]1COc2ccccc2O1. The maximum atomic E-state index is 13.1. The molecule has 0 fully saturated rings. The highest BCUT2D eigenvalue weighted by Gasteiger charge is 2.25. The van der Waals surface area contributed by atoms with Gasteiger partial charge in [-0.05, 0) is 53.6 Å². The summed E-state index contributed by atoms with van der Waals surface area (Å²) in [7, 11) is 0. The molecule has 2 atom stereocenters. The second-order valence-electron chi connectivity index (χ2n) is 8.17. The first-order chi connectivity index (χ1) is 16.5. The van der Waals surface area contributed by atoms with E-state index in [2.05, 4.69) is 10.3 Å². The Morgan fingerprint density at radius 2 is 1.85 bits per heavy atom. The average molecular weight is 516 g/mol. The number of aromatic nitrogens is 1. The van der Waals surface area contributed by atoms with Crippen molar-refractivity contribution in [2.75, 3.05) is 13.2 Å². The number of hydrogen-bond acceptors (Lipinski definition) is 3.